The van der Waals surface area contributed by atoms with Gasteiger partial charge in [-0.05, 0) is 105 Å². The Morgan fingerprint density at radius 1 is 1.26 bits per heavy atom. The molecule has 3 saturated carbocycles. The molecule has 8 atom stereocenters. The topological polar surface area (TPSA) is 85.9 Å². The van der Waals surface area contributed by atoms with E-state index in [1.54, 1.807) is 25.4 Å². The number of hydrogen-bond acceptors (Lipinski definition) is 7. The number of aliphatic hydroxyl groups excluding tert-OH is 1. The van der Waals surface area contributed by atoms with Crippen molar-refractivity contribution in [3.05, 3.63) is 53.1 Å². The number of nitrogens with zero attached hydrogens (tertiary/aromatic N) is 3. The van der Waals surface area contributed by atoms with Crippen LogP contribution >= 0.6 is 11.8 Å². The molecule has 1 aliphatic heterocycles. The quantitative estimate of drug-likeness (QED) is 0.463. The third kappa shape index (κ3) is 3.85. The fourth-order valence-corrected chi connectivity index (χ4v) is 10.7. The van der Waals surface area contributed by atoms with Crippen molar-refractivity contribution in [2.45, 2.75) is 83.4 Å². The van der Waals surface area contributed by atoms with Crippen molar-refractivity contribution in [3.8, 4) is 5.69 Å². The molecule has 42 heavy (non-hydrogen) atoms. The lowest BCUT2D eigenvalue weighted by Crippen LogP contribution is -2.63. The van der Waals surface area contributed by atoms with Crippen LogP contribution < -0.4 is 0 Å². The van der Waals surface area contributed by atoms with Gasteiger partial charge >= 0.3 is 0 Å². The molecule has 7 nitrogen and oxygen atoms in total. The number of hydrogen-bond donors (Lipinski definition) is 1. The van der Waals surface area contributed by atoms with Gasteiger partial charge in [-0.25, -0.2) is 9.07 Å². The molecule has 4 aliphatic carbocycles. The van der Waals surface area contributed by atoms with Crippen molar-refractivity contribution in [3.63, 3.8) is 0 Å². The van der Waals surface area contributed by atoms with Crippen LogP contribution in [0.3, 0.4) is 0 Å². The first kappa shape index (κ1) is 28.4. The summed E-state index contributed by atoms with van der Waals surface area (Å²) in [6.07, 6.45) is 8.91. The first-order valence-electron chi connectivity index (χ1n) is 15.1. The molecule has 0 unspecified atom stereocenters. The number of allylic oxidation sites excluding steroid dienone is 1. The molecule has 1 aromatic carbocycles. The van der Waals surface area contributed by atoms with Crippen LogP contribution in [-0.4, -0.2) is 62.6 Å². The summed E-state index contributed by atoms with van der Waals surface area (Å²) >= 11 is 1.25. The third-order valence-corrected chi connectivity index (χ3v) is 12.1. The summed E-state index contributed by atoms with van der Waals surface area (Å²) in [5, 5.41) is 16.8. The number of carbonyl (C=O) groups is 1. The van der Waals surface area contributed by atoms with Gasteiger partial charge in [0, 0.05) is 24.4 Å². The van der Waals surface area contributed by atoms with Gasteiger partial charge in [0.05, 0.1) is 29.8 Å². The molecule has 7 rings (SSSR count). The van der Waals surface area contributed by atoms with Crippen LogP contribution in [0.25, 0.3) is 11.8 Å². The van der Waals surface area contributed by atoms with Gasteiger partial charge in [0.15, 0.2) is 11.4 Å². The van der Waals surface area contributed by atoms with Gasteiger partial charge in [0.1, 0.15) is 5.82 Å². The van der Waals surface area contributed by atoms with Crippen LogP contribution in [-0.2, 0) is 20.7 Å². The second kappa shape index (κ2) is 9.58. The van der Waals surface area contributed by atoms with E-state index < -0.39 is 22.9 Å². The Balaban J connectivity index is 1.24. The van der Waals surface area contributed by atoms with Crippen molar-refractivity contribution in [2.75, 3.05) is 12.8 Å². The van der Waals surface area contributed by atoms with Crippen LogP contribution in [0.15, 0.2) is 41.0 Å². The lowest BCUT2D eigenvalue weighted by atomic mass is 9.45. The highest BCUT2D eigenvalue weighted by atomic mass is 32.2. The van der Waals surface area contributed by atoms with E-state index in [0.29, 0.717) is 12.2 Å². The van der Waals surface area contributed by atoms with Crippen LogP contribution in [0.1, 0.15) is 64.6 Å². The molecule has 0 radical (unpaired) electrons. The van der Waals surface area contributed by atoms with Gasteiger partial charge in [-0.15, -0.1) is 0 Å². The Morgan fingerprint density at radius 3 is 2.76 bits per heavy atom. The molecule has 1 N–H and O–H groups in total. The van der Waals surface area contributed by atoms with Gasteiger partial charge in [-0.2, -0.15) is 5.10 Å². The Labute approximate surface area is 251 Å². The Hall–Kier alpha value is -2.33. The third-order valence-electron chi connectivity index (χ3n) is 11.3. The molecule has 0 spiro atoms. The van der Waals surface area contributed by atoms with Crippen molar-refractivity contribution >= 4 is 29.2 Å². The summed E-state index contributed by atoms with van der Waals surface area (Å²) in [4.78, 5) is 18.1. The van der Waals surface area contributed by atoms with Gasteiger partial charge in [0.25, 0.3) is 0 Å². The minimum atomic E-state index is -1.10. The number of ether oxygens (including phenoxy) is 2. The molecule has 9 heteroatoms. The number of thioether (sulfide) groups is 1. The number of rotatable bonds is 4. The van der Waals surface area contributed by atoms with Crippen LogP contribution in [0, 0.1) is 34.4 Å². The molecule has 1 aromatic heterocycles. The zero-order chi connectivity index (χ0) is 29.7. The summed E-state index contributed by atoms with van der Waals surface area (Å²) in [6.45, 7) is 8.27. The van der Waals surface area contributed by atoms with E-state index in [2.05, 4.69) is 24.9 Å². The number of aromatic nitrogens is 2. The number of aliphatic imine (C=N–C) groups is 1. The maximum atomic E-state index is 14.1. The Morgan fingerprint density at radius 2 is 2.02 bits per heavy atom. The lowest BCUT2D eigenvalue weighted by molar-refractivity contribution is -0.222. The molecule has 5 aliphatic rings. The maximum Gasteiger partial charge on any atom is 0.224 e. The maximum absolute atomic E-state index is 14.1. The highest BCUT2D eigenvalue weighted by Crippen LogP contribution is 2.71. The van der Waals surface area contributed by atoms with Gasteiger partial charge < -0.3 is 14.6 Å². The summed E-state index contributed by atoms with van der Waals surface area (Å²) in [7, 11) is 1.71. The standard InChI is InChI=1S/C33H40FN3O4S/c1-30(2)40-27-15-24-23-11-6-20-14-25-19(18-36-37(25)22-9-7-21(34)8-10-22)16-31(20,3)28(23)26(38)17-32(24,4)33(27,41-30)29(39)42-13-12-35-5/h7-10,12,14,18,23-24,26-28,38H,6,11,13,15-17H2,1-5H3/t23-,24-,26-,27+,28+,31-,32-,33-/m0/s1. The fourth-order valence-electron chi connectivity index (χ4n) is 9.71. The van der Waals surface area contributed by atoms with E-state index in [1.165, 1.54) is 29.5 Å². The minimum absolute atomic E-state index is 0.00764. The van der Waals surface area contributed by atoms with E-state index in [0.717, 1.165) is 42.6 Å². The highest BCUT2D eigenvalue weighted by molar-refractivity contribution is 8.14. The fraction of sp³-hybridized carbons (Fsp3) is 0.606. The number of carbonyl (C=O) groups excluding carboxylic acids is 1. The normalized spacial score (nSPS) is 39.7. The van der Waals surface area contributed by atoms with E-state index in [-0.39, 0.29) is 40.2 Å². The van der Waals surface area contributed by atoms with Crippen LogP contribution in [0.5, 0.6) is 0 Å². The number of fused-ring (bicyclic) bond motifs is 8. The summed E-state index contributed by atoms with van der Waals surface area (Å²) in [6, 6.07) is 6.43. The molecule has 1 saturated heterocycles. The molecule has 224 valence electrons. The highest BCUT2D eigenvalue weighted by Gasteiger charge is 2.77. The van der Waals surface area contributed by atoms with E-state index >= 15 is 0 Å². The zero-order valence-corrected chi connectivity index (χ0v) is 25.8. The van der Waals surface area contributed by atoms with E-state index in [1.807, 2.05) is 24.7 Å². The predicted octanol–water partition coefficient (Wildman–Crippen LogP) is 5.62. The van der Waals surface area contributed by atoms with Crippen molar-refractivity contribution in [1.82, 2.24) is 9.78 Å². The summed E-state index contributed by atoms with van der Waals surface area (Å²) in [5.74, 6) is -0.163. The van der Waals surface area contributed by atoms with Crippen molar-refractivity contribution in [2.24, 2.45) is 33.6 Å². The molecule has 0 amide bonds. The Bertz CT molecular complexity index is 1490. The molecule has 2 heterocycles. The monoisotopic (exact) mass is 593 g/mol. The second-order valence-electron chi connectivity index (χ2n) is 13.8. The largest absolute Gasteiger partial charge is 0.393 e. The molecule has 0 bridgehead atoms. The van der Waals surface area contributed by atoms with Crippen molar-refractivity contribution in [1.29, 1.82) is 0 Å². The van der Waals surface area contributed by atoms with Gasteiger partial charge in [-0.3, -0.25) is 9.79 Å². The summed E-state index contributed by atoms with van der Waals surface area (Å²) in [5.41, 5.74) is 2.48. The Kier molecular flexibility index (Phi) is 6.49. The molecular weight excluding hydrogens is 553 g/mol. The van der Waals surface area contributed by atoms with E-state index in [4.69, 9.17) is 14.6 Å². The zero-order valence-electron chi connectivity index (χ0n) is 25.0. The minimum Gasteiger partial charge on any atom is -0.393 e. The number of benzene rings is 1. The average Bonchev–Trinajstić information content (AvgIpc) is 3.53. The van der Waals surface area contributed by atoms with E-state index in [9.17, 15) is 14.3 Å². The first-order valence-corrected chi connectivity index (χ1v) is 16.1. The van der Waals surface area contributed by atoms with Crippen LogP contribution in [0.2, 0.25) is 0 Å². The molecule has 4 fully saturated rings. The molecule has 2 aromatic rings. The average molecular weight is 594 g/mol. The number of halogens is 1. The van der Waals surface area contributed by atoms with Crippen molar-refractivity contribution < 1.29 is 23.8 Å². The molecular formula is C33H40FN3O4S. The lowest BCUT2D eigenvalue weighted by Gasteiger charge is -2.60. The summed E-state index contributed by atoms with van der Waals surface area (Å²) < 4.78 is 28.7. The predicted molar refractivity (Wildman–Crippen MR) is 161 cm³/mol. The smallest absolute Gasteiger partial charge is 0.224 e. The SMILES string of the molecule is CN=CCSC(=O)[C@@]12OC(C)(C)O[C@@H]1C[C@H]1[C@@H]3CCC4=Cc5c(cnn5-c5ccc(F)cc5)C[C@]4(C)[C@H]3[C@@H](O)C[C@@]12C. The number of aliphatic hydroxyl groups is 1. The first-order chi connectivity index (χ1) is 19.9. The second-order valence-corrected chi connectivity index (χ2v) is 14.8. The van der Waals surface area contributed by atoms with Gasteiger partial charge in [0.2, 0.25) is 5.12 Å². The van der Waals surface area contributed by atoms with Gasteiger partial charge in [-0.1, -0.05) is 31.2 Å². The van der Waals surface area contributed by atoms with Crippen LogP contribution in [0.4, 0.5) is 4.39 Å².